The van der Waals surface area contributed by atoms with Gasteiger partial charge in [0, 0.05) is 31.0 Å². The number of unbranched alkanes of at least 4 members (excludes halogenated alkanes) is 1. The van der Waals surface area contributed by atoms with Gasteiger partial charge in [0.1, 0.15) is 0 Å². The van der Waals surface area contributed by atoms with Gasteiger partial charge in [-0.1, -0.05) is 61.0 Å². The number of rotatable bonds is 8. The summed E-state index contributed by atoms with van der Waals surface area (Å²) < 4.78 is 0. The lowest BCUT2D eigenvalue weighted by atomic mass is 9.99. The molecule has 3 atom stereocenters. The van der Waals surface area contributed by atoms with Crippen molar-refractivity contribution < 1.29 is 9.59 Å². The fourth-order valence-electron chi connectivity index (χ4n) is 4.36. The Balaban J connectivity index is 1.25. The average Bonchev–Trinajstić information content (AvgIpc) is 3.31. The van der Waals surface area contributed by atoms with Gasteiger partial charge in [-0.3, -0.25) is 4.79 Å². The van der Waals surface area contributed by atoms with Crippen LogP contribution < -0.4 is 10.6 Å². The molecule has 2 aliphatic heterocycles. The molecule has 2 fully saturated rings. The second kappa shape index (κ2) is 9.56. The molecule has 2 N–H and O–H groups in total. The van der Waals surface area contributed by atoms with E-state index in [1.165, 1.54) is 11.1 Å². The first-order valence-electron chi connectivity index (χ1n) is 10.7. The van der Waals surface area contributed by atoms with Gasteiger partial charge in [-0.2, -0.15) is 11.8 Å². The number of carbonyl (C=O) groups is 2. The summed E-state index contributed by atoms with van der Waals surface area (Å²) >= 11 is 1.93. The maximum Gasteiger partial charge on any atom is 0.315 e. The lowest BCUT2D eigenvalue weighted by Gasteiger charge is -2.20. The minimum atomic E-state index is -0.0390. The number of carbonyl (C=O) groups excluding carboxylic acids is 2. The Morgan fingerprint density at radius 2 is 1.83 bits per heavy atom. The van der Waals surface area contributed by atoms with Gasteiger partial charge < -0.3 is 15.5 Å². The molecule has 0 radical (unpaired) electrons. The first-order chi connectivity index (χ1) is 14.6. The predicted molar refractivity (Wildman–Crippen MR) is 122 cm³/mol. The van der Waals surface area contributed by atoms with E-state index in [1.54, 1.807) is 0 Å². The largest absolute Gasteiger partial charge is 0.341 e. The summed E-state index contributed by atoms with van der Waals surface area (Å²) in [4.78, 5) is 26.0. The van der Waals surface area contributed by atoms with Crippen LogP contribution in [0.5, 0.6) is 0 Å². The number of hydrogen-bond donors (Lipinski definition) is 2. The van der Waals surface area contributed by atoms with Crippen LogP contribution in [0, 0.1) is 0 Å². The number of nitrogens with one attached hydrogen (secondary N) is 2. The van der Waals surface area contributed by atoms with Gasteiger partial charge in [0.2, 0.25) is 5.91 Å². The van der Waals surface area contributed by atoms with Crippen LogP contribution in [0.2, 0.25) is 0 Å². The molecule has 2 aromatic carbocycles. The Morgan fingerprint density at radius 1 is 1.07 bits per heavy atom. The number of thioether (sulfide) groups is 1. The first kappa shape index (κ1) is 20.8. The van der Waals surface area contributed by atoms with Crippen molar-refractivity contribution in [1.82, 2.24) is 15.5 Å². The molecule has 0 aromatic heterocycles. The van der Waals surface area contributed by atoms with E-state index in [0.29, 0.717) is 18.2 Å². The molecule has 0 bridgehead atoms. The van der Waals surface area contributed by atoms with E-state index in [9.17, 15) is 9.59 Å². The van der Waals surface area contributed by atoms with Crippen LogP contribution >= 0.6 is 11.8 Å². The molecule has 0 aliphatic carbocycles. The summed E-state index contributed by atoms with van der Waals surface area (Å²) in [6.45, 7) is 0.615. The third kappa shape index (κ3) is 4.81. The molecular formula is C24H29N3O2S. The van der Waals surface area contributed by atoms with Gasteiger partial charge in [0.25, 0.3) is 0 Å². The minimum absolute atomic E-state index is 0.0390. The van der Waals surface area contributed by atoms with Crippen LogP contribution in [0.4, 0.5) is 4.79 Å². The predicted octanol–water partition coefficient (Wildman–Crippen LogP) is 4.04. The lowest BCUT2D eigenvalue weighted by Crippen LogP contribution is -2.36. The Hall–Kier alpha value is -2.47. The van der Waals surface area contributed by atoms with E-state index < -0.39 is 0 Å². The molecule has 2 aliphatic rings. The van der Waals surface area contributed by atoms with Crippen LogP contribution in [-0.2, 0) is 11.3 Å². The first-order valence-corrected chi connectivity index (χ1v) is 11.7. The van der Waals surface area contributed by atoms with Crippen LogP contribution in [0.1, 0.15) is 31.2 Å². The highest BCUT2D eigenvalue weighted by atomic mass is 32.2. The molecule has 0 spiro atoms. The summed E-state index contributed by atoms with van der Waals surface area (Å²) in [6.07, 6.45) is 3.51. The zero-order valence-electron chi connectivity index (χ0n) is 17.3. The molecule has 5 nitrogen and oxygen atoms in total. The van der Waals surface area contributed by atoms with Crippen molar-refractivity contribution in [1.29, 1.82) is 0 Å². The Labute approximate surface area is 182 Å². The maximum absolute atomic E-state index is 12.7. The van der Waals surface area contributed by atoms with E-state index in [1.807, 2.05) is 54.0 Å². The summed E-state index contributed by atoms with van der Waals surface area (Å²) in [7, 11) is 1.89. The van der Waals surface area contributed by atoms with Gasteiger partial charge in [-0.15, -0.1) is 0 Å². The van der Waals surface area contributed by atoms with Crippen molar-refractivity contribution in [3.05, 3.63) is 60.2 Å². The molecule has 4 rings (SSSR count). The summed E-state index contributed by atoms with van der Waals surface area (Å²) in [5, 5.41) is 6.47. The second-order valence-corrected chi connectivity index (χ2v) is 9.41. The molecule has 6 heteroatoms. The van der Waals surface area contributed by atoms with Crippen molar-refractivity contribution in [3.8, 4) is 11.1 Å². The van der Waals surface area contributed by atoms with Crippen molar-refractivity contribution in [2.75, 3.05) is 12.8 Å². The number of amides is 3. The summed E-state index contributed by atoms with van der Waals surface area (Å²) in [5.41, 5.74) is 3.52. The summed E-state index contributed by atoms with van der Waals surface area (Å²) in [5.74, 6) is 1.17. The number of nitrogens with zero attached hydrogens (tertiary/aromatic N) is 1. The molecule has 2 heterocycles. The van der Waals surface area contributed by atoms with Gasteiger partial charge >= 0.3 is 6.03 Å². The molecule has 0 unspecified atom stereocenters. The van der Waals surface area contributed by atoms with Crippen LogP contribution in [0.25, 0.3) is 11.1 Å². The highest BCUT2D eigenvalue weighted by molar-refractivity contribution is 8.00. The number of urea groups is 1. The van der Waals surface area contributed by atoms with Gasteiger partial charge in [-0.05, 0) is 29.5 Å². The van der Waals surface area contributed by atoms with E-state index in [4.69, 9.17) is 0 Å². The van der Waals surface area contributed by atoms with Crippen molar-refractivity contribution in [3.63, 3.8) is 0 Å². The quantitative estimate of drug-likeness (QED) is 0.498. The molecule has 3 amide bonds. The van der Waals surface area contributed by atoms with Gasteiger partial charge in [-0.25, -0.2) is 4.79 Å². The van der Waals surface area contributed by atoms with E-state index in [2.05, 4.69) is 34.9 Å². The van der Waals surface area contributed by atoms with Gasteiger partial charge in [0.15, 0.2) is 0 Å². The number of benzene rings is 2. The fraction of sp³-hybridized carbons (Fsp3) is 0.417. The molecule has 30 heavy (non-hydrogen) atoms. The molecular weight excluding hydrogens is 394 g/mol. The average molecular weight is 424 g/mol. The topological polar surface area (TPSA) is 61.4 Å². The molecule has 2 saturated heterocycles. The Morgan fingerprint density at radius 3 is 2.67 bits per heavy atom. The van der Waals surface area contributed by atoms with E-state index in [-0.39, 0.29) is 24.0 Å². The summed E-state index contributed by atoms with van der Waals surface area (Å²) in [6, 6.07) is 19.1. The zero-order valence-corrected chi connectivity index (χ0v) is 18.2. The Kier molecular flexibility index (Phi) is 6.62. The highest BCUT2D eigenvalue weighted by Gasteiger charge is 2.42. The maximum atomic E-state index is 12.7. The molecule has 2 aromatic rings. The minimum Gasteiger partial charge on any atom is -0.341 e. The highest BCUT2D eigenvalue weighted by Crippen LogP contribution is 2.33. The second-order valence-electron chi connectivity index (χ2n) is 8.14. The van der Waals surface area contributed by atoms with Gasteiger partial charge in [0.05, 0.1) is 12.1 Å². The monoisotopic (exact) mass is 423 g/mol. The van der Waals surface area contributed by atoms with Crippen molar-refractivity contribution in [2.24, 2.45) is 0 Å². The van der Waals surface area contributed by atoms with E-state index >= 15 is 0 Å². The lowest BCUT2D eigenvalue weighted by molar-refractivity contribution is -0.130. The smallest absolute Gasteiger partial charge is 0.315 e. The van der Waals surface area contributed by atoms with E-state index in [0.717, 1.165) is 30.6 Å². The third-order valence-electron chi connectivity index (χ3n) is 6.00. The standard InChI is InChI=1S/C24H29N3O2S/c1-27(15-18-11-5-6-12-19(18)17-9-3-2-4-10-17)22(28)14-8-7-13-21-23-20(16-30-21)25-24(29)26-23/h2-6,9-12,20-21,23H,7-8,13-16H2,1H3,(H2,25,26,29)/t20-,21-,23-/m0/s1. The third-order valence-corrected chi connectivity index (χ3v) is 7.51. The van der Waals surface area contributed by atoms with Crippen LogP contribution in [0.3, 0.4) is 0 Å². The Bertz CT molecular complexity index is 889. The normalized spacial score (nSPS) is 22.3. The van der Waals surface area contributed by atoms with Crippen LogP contribution in [0.15, 0.2) is 54.6 Å². The zero-order chi connectivity index (χ0) is 20.9. The SMILES string of the molecule is CN(Cc1ccccc1-c1ccccc1)C(=O)CCCC[C@@H]1SC[C@@H]2NC(=O)N[C@@H]21. The molecule has 0 saturated carbocycles. The van der Waals surface area contributed by atoms with Crippen molar-refractivity contribution in [2.45, 2.75) is 49.6 Å². The number of hydrogen-bond acceptors (Lipinski definition) is 3. The van der Waals surface area contributed by atoms with Crippen LogP contribution in [-0.4, -0.2) is 47.0 Å². The fourth-order valence-corrected chi connectivity index (χ4v) is 5.90. The number of fused-ring (bicyclic) bond motifs is 1. The van der Waals surface area contributed by atoms with Crippen molar-refractivity contribution >= 4 is 23.7 Å². The molecule has 158 valence electrons.